The van der Waals surface area contributed by atoms with E-state index in [0.717, 1.165) is 39.1 Å². The highest BCUT2D eigenvalue weighted by molar-refractivity contribution is 6.11. The van der Waals surface area contributed by atoms with Crippen LogP contribution in [-0.2, 0) is 0 Å². The van der Waals surface area contributed by atoms with Crippen LogP contribution in [0.25, 0.3) is 82.8 Å². The summed E-state index contributed by atoms with van der Waals surface area (Å²) in [5.41, 5.74) is 13.4. The normalized spacial score (nSPS) is 11.6. The lowest BCUT2D eigenvalue weighted by atomic mass is 9.92. The van der Waals surface area contributed by atoms with Crippen LogP contribution in [0.1, 0.15) is 11.1 Å². The number of hydrogen-bond acceptors (Lipinski definition) is 2. The van der Waals surface area contributed by atoms with Crippen LogP contribution in [0.4, 0.5) is 0 Å². The molecule has 0 unspecified atom stereocenters. The molecular formula is C45H31NO2. The number of fused-ring (bicyclic) bond motifs is 5. The summed E-state index contributed by atoms with van der Waals surface area (Å²) in [6, 6.07) is 52.2. The van der Waals surface area contributed by atoms with Gasteiger partial charge in [0.25, 0.3) is 0 Å². The molecule has 0 saturated heterocycles. The zero-order valence-corrected chi connectivity index (χ0v) is 26.7. The van der Waals surface area contributed by atoms with Crippen molar-refractivity contribution in [1.29, 1.82) is 0 Å². The Morgan fingerprint density at radius 1 is 0.438 bits per heavy atom. The van der Waals surface area contributed by atoms with Crippen LogP contribution in [0.2, 0.25) is 0 Å². The van der Waals surface area contributed by atoms with Gasteiger partial charge in [0.1, 0.15) is 11.2 Å². The molecule has 7 aromatic carbocycles. The van der Waals surface area contributed by atoms with Crippen molar-refractivity contribution in [2.45, 2.75) is 13.8 Å². The van der Waals surface area contributed by atoms with E-state index >= 15 is 0 Å². The lowest BCUT2D eigenvalue weighted by Gasteiger charge is -2.13. The molecule has 228 valence electrons. The lowest BCUT2D eigenvalue weighted by molar-refractivity contribution is 0.660. The van der Waals surface area contributed by atoms with E-state index in [0.29, 0.717) is 21.9 Å². The van der Waals surface area contributed by atoms with Gasteiger partial charge in [-0.25, -0.2) is 0 Å². The Morgan fingerprint density at radius 3 is 1.58 bits per heavy atom. The number of aromatic nitrogens is 1. The van der Waals surface area contributed by atoms with Gasteiger partial charge in [0.15, 0.2) is 0 Å². The van der Waals surface area contributed by atoms with Gasteiger partial charge in [-0.05, 0) is 94.8 Å². The summed E-state index contributed by atoms with van der Waals surface area (Å²) in [6.07, 6.45) is 0. The van der Waals surface area contributed by atoms with Gasteiger partial charge in [-0.1, -0.05) is 115 Å². The summed E-state index contributed by atoms with van der Waals surface area (Å²) in [4.78, 5) is 13.9. The number of hydrogen-bond donors (Lipinski definition) is 0. The topological polar surface area (TPSA) is 35.1 Å². The van der Waals surface area contributed by atoms with Crippen molar-refractivity contribution in [3.8, 4) is 39.1 Å². The molecule has 0 N–H and O–H groups in total. The van der Waals surface area contributed by atoms with Gasteiger partial charge < -0.3 is 8.98 Å². The fourth-order valence-corrected chi connectivity index (χ4v) is 7.31. The van der Waals surface area contributed by atoms with Crippen molar-refractivity contribution in [1.82, 2.24) is 4.57 Å². The van der Waals surface area contributed by atoms with E-state index in [-0.39, 0.29) is 5.43 Å². The Bertz CT molecular complexity index is 2680. The summed E-state index contributed by atoms with van der Waals surface area (Å²) in [5, 5.41) is 3.68. The molecule has 0 aliphatic heterocycles. The minimum Gasteiger partial charge on any atom is -0.456 e. The molecule has 9 rings (SSSR count). The van der Waals surface area contributed by atoms with Gasteiger partial charge in [-0.2, -0.15) is 0 Å². The Kier molecular flexibility index (Phi) is 6.41. The number of para-hydroxylation sites is 2. The minimum absolute atomic E-state index is 0.0259. The minimum atomic E-state index is -0.0259. The molecule has 0 amide bonds. The first-order valence-corrected chi connectivity index (χ1v) is 16.3. The standard InChI is InChI=1S/C45H31NO2/c1-28-11-9-17-35-36-18-10-12-29(2)44(36)46(43(28)35)34-22-19-30(20-23-34)33-21-24-37-41(25-33)48-42-27-39(32-15-7-4-8-16-32)38(26-40(42)45(37)47)31-13-5-3-6-14-31/h3-27H,1-2H3. The first-order chi connectivity index (χ1) is 23.5. The van der Waals surface area contributed by atoms with E-state index in [1.54, 1.807) is 0 Å². The molecule has 0 bridgehead atoms. The van der Waals surface area contributed by atoms with E-state index < -0.39 is 0 Å². The van der Waals surface area contributed by atoms with Crippen molar-refractivity contribution in [3.63, 3.8) is 0 Å². The molecule has 0 spiro atoms. The fraction of sp³-hybridized carbons (Fsp3) is 0.0444. The summed E-state index contributed by atoms with van der Waals surface area (Å²) >= 11 is 0. The number of nitrogens with zero attached hydrogens (tertiary/aromatic N) is 1. The van der Waals surface area contributed by atoms with E-state index in [4.69, 9.17) is 4.42 Å². The molecule has 48 heavy (non-hydrogen) atoms. The quantitative estimate of drug-likeness (QED) is 0.184. The van der Waals surface area contributed by atoms with Crippen molar-refractivity contribution in [3.05, 3.63) is 173 Å². The van der Waals surface area contributed by atoms with Crippen LogP contribution in [0.3, 0.4) is 0 Å². The van der Waals surface area contributed by atoms with Gasteiger partial charge in [0.2, 0.25) is 5.43 Å². The molecule has 3 nitrogen and oxygen atoms in total. The van der Waals surface area contributed by atoms with Gasteiger partial charge in [-0.15, -0.1) is 0 Å². The van der Waals surface area contributed by atoms with Crippen molar-refractivity contribution in [2.24, 2.45) is 0 Å². The summed E-state index contributed by atoms with van der Waals surface area (Å²) < 4.78 is 8.93. The molecule has 0 atom stereocenters. The first kappa shape index (κ1) is 28.1. The third kappa shape index (κ3) is 4.39. The van der Waals surface area contributed by atoms with Crippen molar-refractivity contribution >= 4 is 43.7 Å². The highest BCUT2D eigenvalue weighted by atomic mass is 16.3. The Morgan fingerprint density at radius 2 is 0.979 bits per heavy atom. The van der Waals surface area contributed by atoms with Gasteiger partial charge >= 0.3 is 0 Å². The highest BCUT2D eigenvalue weighted by Gasteiger charge is 2.17. The molecule has 0 fully saturated rings. The maximum atomic E-state index is 13.9. The van der Waals surface area contributed by atoms with Gasteiger partial charge in [-0.3, -0.25) is 4.79 Å². The van der Waals surface area contributed by atoms with E-state index in [2.05, 4.69) is 103 Å². The van der Waals surface area contributed by atoms with Crippen molar-refractivity contribution in [2.75, 3.05) is 0 Å². The summed E-state index contributed by atoms with van der Waals surface area (Å²) in [5.74, 6) is 0. The number of benzene rings is 7. The molecule has 0 aliphatic rings. The smallest absolute Gasteiger partial charge is 0.200 e. The Hall–Kier alpha value is -6.19. The Balaban J connectivity index is 1.18. The average molecular weight is 618 g/mol. The van der Waals surface area contributed by atoms with Crippen LogP contribution in [-0.4, -0.2) is 4.57 Å². The van der Waals surface area contributed by atoms with E-state index in [1.165, 1.54) is 32.9 Å². The zero-order chi connectivity index (χ0) is 32.4. The van der Waals surface area contributed by atoms with E-state index in [9.17, 15) is 4.79 Å². The largest absolute Gasteiger partial charge is 0.456 e. The van der Waals surface area contributed by atoms with Gasteiger partial charge in [0, 0.05) is 16.5 Å². The molecular weight excluding hydrogens is 587 g/mol. The summed E-state index contributed by atoms with van der Waals surface area (Å²) in [7, 11) is 0. The second-order valence-corrected chi connectivity index (χ2v) is 12.6. The van der Waals surface area contributed by atoms with Crippen LogP contribution >= 0.6 is 0 Å². The molecule has 0 aliphatic carbocycles. The van der Waals surface area contributed by atoms with Gasteiger partial charge in [0.05, 0.1) is 21.8 Å². The highest BCUT2D eigenvalue weighted by Crippen LogP contribution is 2.38. The molecule has 0 saturated carbocycles. The first-order valence-electron chi connectivity index (χ1n) is 16.3. The molecule has 3 heteroatoms. The number of aryl methyl sites for hydroxylation is 2. The Labute approximate surface area is 278 Å². The molecule has 2 aromatic heterocycles. The molecule has 2 heterocycles. The summed E-state index contributed by atoms with van der Waals surface area (Å²) in [6.45, 7) is 4.36. The maximum Gasteiger partial charge on any atom is 0.200 e. The second kappa shape index (κ2) is 11.0. The lowest BCUT2D eigenvalue weighted by Crippen LogP contribution is -2.03. The van der Waals surface area contributed by atoms with Crippen LogP contribution in [0.5, 0.6) is 0 Å². The SMILES string of the molecule is Cc1cccc2c3cccc(C)c3n(-c3ccc(-c4ccc5c(=O)c6cc(-c7ccccc7)c(-c7ccccc7)cc6oc5c4)cc3)c12. The molecule has 0 radical (unpaired) electrons. The van der Waals surface area contributed by atoms with Crippen LogP contribution in [0.15, 0.2) is 161 Å². The van der Waals surface area contributed by atoms with Crippen LogP contribution in [0, 0.1) is 13.8 Å². The monoisotopic (exact) mass is 617 g/mol. The second-order valence-electron chi connectivity index (χ2n) is 12.6. The predicted octanol–water partition coefficient (Wildman–Crippen LogP) is 11.7. The molecule has 9 aromatic rings. The van der Waals surface area contributed by atoms with E-state index in [1.807, 2.05) is 66.7 Å². The third-order valence-electron chi connectivity index (χ3n) is 9.65. The fourth-order valence-electron chi connectivity index (χ4n) is 7.31. The predicted molar refractivity (Wildman–Crippen MR) is 200 cm³/mol. The number of rotatable bonds is 4. The zero-order valence-electron chi connectivity index (χ0n) is 26.7. The van der Waals surface area contributed by atoms with Crippen LogP contribution < -0.4 is 5.43 Å². The van der Waals surface area contributed by atoms with Crippen molar-refractivity contribution < 1.29 is 4.42 Å². The average Bonchev–Trinajstić information content (AvgIpc) is 3.49. The maximum absolute atomic E-state index is 13.9. The third-order valence-corrected chi connectivity index (χ3v) is 9.65.